The molecule has 1 saturated heterocycles. The Morgan fingerprint density at radius 3 is 2.32 bits per heavy atom. The topological polar surface area (TPSA) is 44.8 Å². The molecule has 0 unspecified atom stereocenters. The zero-order valence-corrected chi connectivity index (χ0v) is 17.0. The molecule has 136 valence electrons. The van der Waals surface area contributed by atoms with Crippen molar-refractivity contribution >= 4 is 30.1 Å². The van der Waals surface area contributed by atoms with E-state index in [0.29, 0.717) is 5.75 Å². The zero-order valence-electron chi connectivity index (χ0n) is 16.1. The Bertz CT molecular complexity index is 666. The molecule has 0 N–H and O–H groups in total. The fourth-order valence-corrected chi connectivity index (χ4v) is 3.15. The Labute approximate surface area is 155 Å². The molecule has 25 heavy (non-hydrogen) atoms. The third kappa shape index (κ3) is 4.69. The van der Waals surface area contributed by atoms with Crippen LogP contribution in [0.4, 0.5) is 0 Å². The average molecular weight is 362 g/mol. The van der Waals surface area contributed by atoms with Crippen LogP contribution >= 0.6 is 11.8 Å². The molecule has 6 heteroatoms. The third-order valence-corrected chi connectivity index (χ3v) is 5.65. The highest BCUT2D eigenvalue weighted by Crippen LogP contribution is 2.39. The van der Waals surface area contributed by atoms with E-state index in [4.69, 9.17) is 14.0 Å². The molecule has 1 aromatic rings. The van der Waals surface area contributed by atoms with E-state index in [1.807, 2.05) is 52.8 Å². The number of thioether (sulfide) groups is 1. The molecule has 0 aromatic heterocycles. The molecule has 0 amide bonds. The summed E-state index contributed by atoms with van der Waals surface area (Å²) in [6, 6.07) is 6.00. The molecule has 2 rings (SSSR count). The fourth-order valence-electron chi connectivity index (χ4n) is 2.56. The number of hydrogen-bond acceptors (Lipinski definition) is 5. The molecule has 4 nitrogen and oxygen atoms in total. The van der Waals surface area contributed by atoms with Gasteiger partial charge in [0, 0.05) is 12.7 Å². The van der Waals surface area contributed by atoms with Crippen molar-refractivity contribution in [2.75, 3.05) is 12.9 Å². The molecule has 1 fully saturated rings. The van der Waals surface area contributed by atoms with Crippen LogP contribution in [0.5, 0.6) is 5.75 Å². The van der Waals surface area contributed by atoms with Crippen molar-refractivity contribution in [3.05, 3.63) is 34.8 Å². The van der Waals surface area contributed by atoms with Gasteiger partial charge in [-0.05, 0) is 63.4 Å². The van der Waals surface area contributed by atoms with E-state index in [9.17, 15) is 4.79 Å². The van der Waals surface area contributed by atoms with E-state index < -0.39 is 18.3 Å². The Hall–Kier alpha value is -1.24. The van der Waals surface area contributed by atoms with Crippen molar-refractivity contribution < 1.29 is 18.8 Å². The number of ether oxygens (including phenoxy) is 1. The van der Waals surface area contributed by atoms with E-state index in [2.05, 4.69) is 6.07 Å². The number of carbonyl (C=O) groups is 1. The van der Waals surface area contributed by atoms with Crippen LogP contribution in [-0.2, 0) is 14.1 Å². The highest BCUT2D eigenvalue weighted by Gasteiger charge is 2.52. The maximum atomic E-state index is 11.4. The van der Waals surface area contributed by atoms with Gasteiger partial charge in [0.05, 0.1) is 18.3 Å². The van der Waals surface area contributed by atoms with Crippen molar-refractivity contribution in [2.45, 2.75) is 52.7 Å². The van der Waals surface area contributed by atoms with E-state index in [1.54, 1.807) is 14.0 Å². The number of hydrogen-bond donors (Lipinski definition) is 0. The first-order valence-electron chi connectivity index (χ1n) is 8.40. The largest absolute Gasteiger partial charge is 0.496 e. The normalized spacial score (nSPS) is 19.2. The van der Waals surface area contributed by atoms with Gasteiger partial charge in [-0.3, -0.25) is 4.79 Å². The summed E-state index contributed by atoms with van der Waals surface area (Å²) >= 11 is 1.27. The number of rotatable bonds is 5. The molecule has 1 aromatic carbocycles. The van der Waals surface area contributed by atoms with Crippen molar-refractivity contribution in [1.29, 1.82) is 0 Å². The minimum atomic E-state index is -0.459. The molecule has 0 bridgehead atoms. The van der Waals surface area contributed by atoms with Gasteiger partial charge in [0.1, 0.15) is 5.75 Å². The minimum absolute atomic E-state index is 0.0772. The second-order valence-electron chi connectivity index (χ2n) is 7.32. The lowest BCUT2D eigenvalue weighted by Gasteiger charge is -2.32. The predicted octanol–water partition coefficient (Wildman–Crippen LogP) is 4.30. The zero-order chi connectivity index (χ0) is 18.8. The Morgan fingerprint density at radius 2 is 1.84 bits per heavy atom. The van der Waals surface area contributed by atoms with E-state index >= 15 is 0 Å². The number of carbonyl (C=O) groups excluding carboxylic acids is 1. The highest BCUT2D eigenvalue weighted by molar-refractivity contribution is 8.13. The molecule has 0 atom stereocenters. The quantitative estimate of drug-likeness (QED) is 0.731. The van der Waals surface area contributed by atoms with Gasteiger partial charge in [-0.15, -0.1) is 0 Å². The van der Waals surface area contributed by atoms with Gasteiger partial charge in [0.2, 0.25) is 0 Å². The second-order valence-corrected chi connectivity index (χ2v) is 8.47. The van der Waals surface area contributed by atoms with Crippen molar-refractivity contribution in [2.24, 2.45) is 0 Å². The smallest absolute Gasteiger partial charge is 0.491 e. The molecule has 1 aliphatic heterocycles. The maximum absolute atomic E-state index is 11.4. The molecule has 1 aliphatic rings. The molecule has 1 heterocycles. The average Bonchev–Trinajstić information content (AvgIpc) is 2.71. The maximum Gasteiger partial charge on any atom is 0.491 e. The summed E-state index contributed by atoms with van der Waals surface area (Å²) in [4.78, 5) is 11.4. The van der Waals surface area contributed by atoms with Gasteiger partial charge in [0.15, 0.2) is 5.12 Å². The first kappa shape index (κ1) is 20.1. The lowest BCUT2D eigenvalue weighted by Crippen LogP contribution is -2.41. The number of benzene rings is 1. The summed E-state index contributed by atoms with van der Waals surface area (Å²) in [5, 5.41) is 0.0772. The van der Waals surface area contributed by atoms with Crippen LogP contribution in [0.2, 0.25) is 0 Å². The molecule has 0 saturated carbocycles. The SMILES string of the molecule is COc1ccc(C=C(CSC(C)=O)B2OC(C)(C)C(C)(C)O2)cc1C. The van der Waals surface area contributed by atoms with Crippen molar-refractivity contribution in [3.63, 3.8) is 0 Å². The second kappa shape index (κ2) is 7.56. The van der Waals surface area contributed by atoms with Gasteiger partial charge < -0.3 is 14.0 Å². The molecule has 0 radical (unpaired) electrons. The summed E-state index contributed by atoms with van der Waals surface area (Å²) in [6.07, 6.45) is 2.05. The van der Waals surface area contributed by atoms with E-state index in [-0.39, 0.29) is 5.12 Å². The van der Waals surface area contributed by atoms with E-state index in [1.165, 1.54) is 11.8 Å². The summed E-state index contributed by atoms with van der Waals surface area (Å²) < 4.78 is 17.7. The lowest BCUT2D eigenvalue weighted by molar-refractivity contribution is -0.109. The summed E-state index contributed by atoms with van der Waals surface area (Å²) in [7, 11) is 1.20. The minimum Gasteiger partial charge on any atom is -0.496 e. The van der Waals surface area contributed by atoms with Crippen LogP contribution in [0.15, 0.2) is 23.7 Å². The van der Waals surface area contributed by atoms with Gasteiger partial charge >= 0.3 is 7.12 Å². The summed E-state index contributed by atoms with van der Waals surface area (Å²) in [6.45, 7) is 11.7. The fraction of sp³-hybridized carbons (Fsp3) is 0.526. The van der Waals surface area contributed by atoms with Crippen molar-refractivity contribution in [1.82, 2.24) is 0 Å². The van der Waals surface area contributed by atoms with Gasteiger partial charge in [-0.2, -0.15) is 0 Å². The standard InChI is InChI=1S/C19H27BO4S/c1-13-10-15(8-9-17(13)22-7)11-16(12-25-14(2)21)20-23-18(3,4)19(5,6)24-20/h8-11H,12H2,1-7H3. The van der Waals surface area contributed by atoms with Crippen LogP contribution in [0.3, 0.4) is 0 Å². The number of methoxy groups -OCH3 is 1. The highest BCUT2D eigenvalue weighted by atomic mass is 32.2. The molecular formula is C19H27BO4S. The van der Waals surface area contributed by atoms with Crippen LogP contribution in [-0.4, -0.2) is 36.3 Å². The van der Waals surface area contributed by atoms with Gasteiger partial charge in [-0.1, -0.05) is 23.9 Å². The van der Waals surface area contributed by atoms with Crippen LogP contribution in [0.1, 0.15) is 45.7 Å². The molecular weight excluding hydrogens is 335 g/mol. The first-order chi connectivity index (χ1) is 11.6. The monoisotopic (exact) mass is 362 g/mol. The Balaban J connectivity index is 2.33. The van der Waals surface area contributed by atoms with Gasteiger partial charge in [-0.25, -0.2) is 0 Å². The van der Waals surface area contributed by atoms with E-state index in [0.717, 1.165) is 22.3 Å². The van der Waals surface area contributed by atoms with Crippen LogP contribution in [0, 0.1) is 6.92 Å². The Kier molecular flexibility index (Phi) is 6.07. The molecule has 0 aliphatic carbocycles. The number of aryl methyl sites for hydroxylation is 1. The first-order valence-corrected chi connectivity index (χ1v) is 9.38. The lowest BCUT2D eigenvalue weighted by atomic mass is 9.78. The van der Waals surface area contributed by atoms with Gasteiger partial charge in [0.25, 0.3) is 0 Å². The van der Waals surface area contributed by atoms with Crippen LogP contribution in [0.25, 0.3) is 6.08 Å². The molecule has 0 spiro atoms. The van der Waals surface area contributed by atoms with Crippen LogP contribution < -0.4 is 4.74 Å². The summed E-state index contributed by atoms with van der Waals surface area (Å²) in [5.41, 5.74) is 2.22. The Morgan fingerprint density at radius 1 is 1.24 bits per heavy atom. The summed E-state index contributed by atoms with van der Waals surface area (Å²) in [5.74, 6) is 1.39. The van der Waals surface area contributed by atoms with Crippen molar-refractivity contribution in [3.8, 4) is 5.75 Å². The predicted molar refractivity (Wildman–Crippen MR) is 105 cm³/mol. The third-order valence-electron chi connectivity index (χ3n) is 4.77.